The minimum absolute atomic E-state index is 0.249. The Morgan fingerprint density at radius 3 is 2.45 bits per heavy atom. The Morgan fingerprint density at radius 2 is 1.85 bits per heavy atom. The molecule has 3 nitrogen and oxygen atoms in total. The monoisotopic (exact) mass is 276 g/mol. The summed E-state index contributed by atoms with van der Waals surface area (Å²) in [7, 11) is 0. The molecule has 0 atom stereocenters. The third-order valence-corrected chi connectivity index (χ3v) is 3.25. The number of hydrogen-bond acceptors (Lipinski definition) is 3. The molecule has 1 saturated heterocycles. The van der Waals surface area contributed by atoms with Gasteiger partial charge in [0.05, 0.1) is 19.8 Å². The van der Waals surface area contributed by atoms with Crippen molar-refractivity contribution in [3.8, 4) is 5.75 Å². The Morgan fingerprint density at radius 1 is 1.15 bits per heavy atom. The second-order valence-corrected chi connectivity index (χ2v) is 4.98. The number of hydrogen-bond donors (Lipinski definition) is 0. The smallest absolute Gasteiger partial charge is 0.183 e. The van der Waals surface area contributed by atoms with E-state index < -0.39 is 0 Å². The number of rotatable bonds is 6. The molecule has 1 aliphatic heterocycles. The summed E-state index contributed by atoms with van der Waals surface area (Å²) in [4.78, 5) is 0. The van der Waals surface area contributed by atoms with E-state index in [-0.39, 0.29) is 6.29 Å². The van der Waals surface area contributed by atoms with E-state index in [0.717, 1.165) is 30.9 Å². The minimum Gasteiger partial charge on any atom is -0.494 e. The standard InChI is InChI=1S/C17H24O3/c1-3-5-6-7-14-12-19-17(20-13-14)15-8-10-16(11-9-15)18-4-2/h6-11,14,17H,3-5,12-13H2,1-2H3. The van der Waals surface area contributed by atoms with Gasteiger partial charge in [0.15, 0.2) is 6.29 Å². The molecule has 0 aromatic heterocycles. The third-order valence-electron chi connectivity index (χ3n) is 3.25. The number of benzene rings is 1. The van der Waals surface area contributed by atoms with Crippen molar-refractivity contribution in [2.45, 2.75) is 33.0 Å². The van der Waals surface area contributed by atoms with Crippen molar-refractivity contribution in [1.82, 2.24) is 0 Å². The molecule has 0 spiro atoms. The van der Waals surface area contributed by atoms with Crippen molar-refractivity contribution < 1.29 is 14.2 Å². The van der Waals surface area contributed by atoms with E-state index >= 15 is 0 Å². The minimum atomic E-state index is -0.249. The molecule has 1 aromatic rings. The summed E-state index contributed by atoms with van der Waals surface area (Å²) in [5.74, 6) is 1.26. The maximum Gasteiger partial charge on any atom is 0.183 e. The first-order valence-electron chi connectivity index (χ1n) is 7.46. The van der Waals surface area contributed by atoms with Gasteiger partial charge in [0.25, 0.3) is 0 Å². The molecule has 1 heterocycles. The number of unbranched alkanes of at least 4 members (excludes halogenated alkanes) is 1. The molecule has 0 aliphatic carbocycles. The third kappa shape index (κ3) is 4.36. The van der Waals surface area contributed by atoms with Crippen molar-refractivity contribution in [2.75, 3.05) is 19.8 Å². The molecular formula is C17H24O3. The predicted octanol–water partition coefficient (Wildman–Crippen LogP) is 4.10. The average molecular weight is 276 g/mol. The second-order valence-electron chi connectivity index (χ2n) is 4.98. The summed E-state index contributed by atoms with van der Waals surface area (Å²) in [6.45, 7) is 6.28. The van der Waals surface area contributed by atoms with Crippen LogP contribution in [-0.4, -0.2) is 19.8 Å². The van der Waals surface area contributed by atoms with Gasteiger partial charge >= 0.3 is 0 Å². The summed E-state index contributed by atoms with van der Waals surface area (Å²) >= 11 is 0. The Kier molecular flexibility index (Phi) is 6.09. The highest BCUT2D eigenvalue weighted by atomic mass is 16.7. The van der Waals surface area contributed by atoms with E-state index in [9.17, 15) is 0 Å². The van der Waals surface area contributed by atoms with Crippen LogP contribution in [0, 0.1) is 5.92 Å². The molecule has 0 N–H and O–H groups in total. The van der Waals surface area contributed by atoms with E-state index in [1.54, 1.807) is 0 Å². The van der Waals surface area contributed by atoms with Crippen LogP contribution in [0.2, 0.25) is 0 Å². The van der Waals surface area contributed by atoms with E-state index in [4.69, 9.17) is 14.2 Å². The van der Waals surface area contributed by atoms with Crippen LogP contribution in [0.1, 0.15) is 38.5 Å². The molecule has 0 saturated carbocycles. The normalized spacial score (nSPS) is 23.1. The summed E-state index contributed by atoms with van der Waals surface area (Å²) in [6.07, 6.45) is 6.48. The molecule has 1 aliphatic rings. The van der Waals surface area contributed by atoms with Crippen molar-refractivity contribution in [3.05, 3.63) is 42.0 Å². The van der Waals surface area contributed by atoms with Crippen molar-refractivity contribution >= 4 is 0 Å². The average Bonchev–Trinajstić information content (AvgIpc) is 2.49. The van der Waals surface area contributed by atoms with Gasteiger partial charge in [0, 0.05) is 11.5 Å². The van der Waals surface area contributed by atoms with Crippen LogP contribution >= 0.6 is 0 Å². The zero-order chi connectivity index (χ0) is 14.2. The zero-order valence-corrected chi connectivity index (χ0v) is 12.4. The Hall–Kier alpha value is -1.32. The molecule has 0 unspecified atom stereocenters. The summed E-state index contributed by atoms with van der Waals surface area (Å²) in [5.41, 5.74) is 1.05. The zero-order valence-electron chi connectivity index (χ0n) is 12.4. The van der Waals surface area contributed by atoms with Gasteiger partial charge in [-0.3, -0.25) is 0 Å². The lowest BCUT2D eigenvalue weighted by Gasteiger charge is -2.28. The van der Waals surface area contributed by atoms with Crippen molar-refractivity contribution in [3.63, 3.8) is 0 Å². The molecule has 0 amide bonds. The molecule has 110 valence electrons. The van der Waals surface area contributed by atoms with Crippen LogP contribution in [0.3, 0.4) is 0 Å². The first-order valence-corrected chi connectivity index (χ1v) is 7.46. The van der Waals surface area contributed by atoms with Crippen molar-refractivity contribution in [2.24, 2.45) is 5.92 Å². The molecule has 1 aromatic carbocycles. The van der Waals surface area contributed by atoms with Crippen LogP contribution in [-0.2, 0) is 9.47 Å². The topological polar surface area (TPSA) is 27.7 Å². The van der Waals surface area contributed by atoms with Gasteiger partial charge < -0.3 is 14.2 Å². The molecule has 2 rings (SSSR count). The Balaban J connectivity index is 1.83. The largest absolute Gasteiger partial charge is 0.494 e. The molecule has 0 bridgehead atoms. The van der Waals surface area contributed by atoms with Crippen LogP contribution in [0.25, 0.3) is 0 Å². The SMILES string of the molecule is CCCC=CC1COC(c2ccc(OCC)cc2)OC1. The van der Waals surface area contributed by atoms with Crippen molar-refractivity contribution in [1.29, 1.82) is 0 Å². The second kappa shape index (κ2) is 8.08. The van der Waals surface area contributed by atoms with Gasteiger partial charge in [-0.1, -0.05) is 37.6 Å². The highest BCUT2D eigenvalue weighted by molar-refractivity contribution is 5.28. The summed E-state index contributed by atoms with van der Waals surface area (Å²) in [6, 6.07) is 7.92. The maximum absolute atomic E-state index is 5.79. The quantitative estimate of drug-likeness (QED) is 0.732. The van der Waals surface area contributed by atoms with Gasteiger partial charge in [-0.25, -0.2) is 0 Å². The molecule has 0 radical (unpaired) electrons. The molecule has 1 fully saturated rings. The predicted molar refractivity (Wildman–Crippen MR) is 79.8 cm³/mol. The first-order chi connectivity index (χ1) is 9.83. The fourth-order valence-corrected chi connectivity index (χ4v) is 2.16. The number of allylic oxidation sites excluding steroid dienone is 1. The Labute approximate surface area is 121 Å². The Bertz CT molecular complexity index is 403. The fraction of sp³-hybridized carbons (Fsp3) is 0.529. The van der Waals surface area contributed by atoms with Crippen LogP contribution < -0.4 is 4.74 Å². The lowest BCUT2D eigenvalue weighted by Crippen LogP contribution is -2.25. The summed E-state index contributed by atoms with van der Waals surface area (Å²) < 4.78 is 17.0. The molecule has 20 heavy (non-hydrogen) atoms. The lowest BCUT2D eigenvalue weighted by atomic mass is 10.1. The van der Waals surface area contributed by atoms with Gasteiger partial charge in [0.1, 0.15) is 5.75 Å². The van der Waals surface area contributed by atoms with E-state index in [1.165, 1.54) is 6.42 Å². The van der Waals surface area contributed by atoms with Crippen LogP contribution in [0.5, 0.6) is 5.75 Å². The maximum atomic E-state index is 5.79. The molecular weight excluding hydrogens is 252 g/mol. The number of ether oxygens (including phenoxy) is 3. The van der Waals surface area contributed by atoms with E-state index in [1.807, 2.05) is 31.2 Å². The van der Waals surface area contributed by atoms with Gasteiger partial charge in [-0.15, -0.1) is 0 Å². The highest BCUT2D eigenvalue weighted by Gasteiger charge is 2.21. The van der Waals surface area contributed by atoms with Gasteiger partial charge in [0.2, 0.25) is 0 Å². The van der Waals surface area contributed by atoms with Gasteiger partial charge in [-0.05, 0) is 25.5 Å². The van der Waals surface area contributed by atoms with Gasteiger partial charge in [-0.2, -0.15) is 0 Å². The molecule has 3 heteroatoms. The lowest BCUT2D eigenvalue weighted by molar-refractivity contribution is -0.197. The first kappa shape index (κ1) is 15.1. The fourth-order valence-electron chi connectivity index (χ4n) is 2.16. The van der Waals surface area contributed by atoms with Crippen LogP contribution in [0.15, 0.2) is 36.4 Å². The highest BCUT2D eigenvalue weighted by Crippen LogP contribution is 2.27. The van der Waals surface area contributed by atoms with E-state index in [0.29, 0.717) is 12.5 Å². The van der Waals surface area contributed by atoms with E-state index in [2.05, 4.69) is 19.1 Å². The van der Waals surface area contributed by atoms with Crippen LogP contribution in [0.4, 0.5) is 0 Å². The summed E-state index contributed by atoms with van der Waals surface area (Å²) in [5, 5.41) is 0.